The molecule has 4 nitrogen and oxygen atoms in total. The van der Waals surface area contributed by atoms with Crippen LogP contribution in [0.15, 0.2) is 66.1 Å². The van der Waals surface area contributed by atoms with E-state index < -0.39 is 15.6 Å². The predicted octanol–water partition coefficient (Wildman–Crippen LogP) is 3.53. The fourth-order valence-corrected chi connectivity index (χ4v) is 3.37. The van der Waals surface area contributed by atoms with E-state index in [-0.39, 0.29) is 6.54 Å². The van der Waals surface area contributed by atoms with Gasteiger partial charge in [-0.3, -0.25) is 0 Å². The summed E-state index contributed by atoms with van der Waals surface area (Å²) in [4.78, 5) is 0. The van der Waals surface area contributed by atoms with E-state index in [9.17, 15) is 8.42 Å². The molecule has 0 fully saturated rings. The van der Waals surface area contributed by atoms with Gasteiger partial charge in [-0.2, -0.15) is 0 Å². The van der Waals surface area contributed by atoms with Gasteiger partial charge in [0.1, 0.15) is 5.60 Å². The molecule has 5 heteroatoms. The van der Waals surface area contributed by atoms with E-state index in [0.717, 1.165) is 11.1 Å². The van der Waals surface area contributed by atoms with Gasteiger partial charge in [0.2, 0.25) is 10.0 Å². The van der Waals surface area contributed by atoms with Crippen LogP contribution in [0.3, 0.4) is 0 Å². The lowest BCUT2D eigenvalue weighted by Gasteiger charge is -2.32. The molecule has 0 heterocycles. The fraction of sp³-hybridized carbons (Fsp3) is 0.263. The Kier molecular flexibility index (Phi) is 6.31. The van der Waals surface area contributed by atoms with Crippen molar-refractivity contribution in [2.75, 3.05) is 13.7 Å². The minimum atomic E-state index is -3.55. The molecule has 2 aromatic carbocycles. The third kappa shape index (κ3) is 4.77. The largest absolute Gasteiger partial charge is 0.372 e. The Hall–Kier alpha value is -1.95. The molecule has 2 rings (SSSR count). The maximum atomic E-state index is 12.3. The van der Waals surface area contributed by atoms with E-state index in [1.165, 1.54) is 5.41 Å². The number of benzene rings is 2. The zero-order chi connectivity index (χ0) is 17.5. The van der Waals surface area contributed by atoms with Gasteiger partial charge >= 0.3 is 0 Å². The van der Waals surface area contributed by atoms with Crippen molar-refractivity contribution in [3.05, 3.63) is 77.2 Å². The van der Waals surface area contributed by atoms with Crippen LogP contribution in [0.25, 0.3) is 6.08 Å². The molecule has 0 saturated heterocycles. The van der Waals surface area contributed by atoms with Crippen LogP contribution in [0, 0.1) is 0 Å². The number of sulfonamides is 1. The molecule has 1 atom stereocenters. The van der Waals surface area contributed by atoms with E-state index in [1.807, 2.05) is 67.6 Å². The van der Waals surface area contributed by atoms with E-state index in [2.05, 4.69) is 4.72 Å². The second-order valence-corrected chi connectivity index (χ2v) is 7.15. The van der Waals surface area contributed by atoms with Gasteiger partial charge < -0.3 is 4.74 Å². The molecule has 1 N–H and O–H groups in total. The molecule has 0 bridgehead atoms. The first-order valence-corrected chi connectivity index (χ1v) is 9.39. The summed E-state index contributed by atoms with van der Waals surface area (Å²) >= 11 is 0. The number of ether oxygens (including phenoxy) is 1. The van der Waals surface area contributed by atoms with Crippen molar-refractivity contribution in [1.29, 1.82) is 0 Å². The van der Waals surface area contributed by atoms with Crippen LogP contribution in [0.2, 0.25) is 0 Å². The summed E-state index contributed by atoms with van der Waals surface area (Å²) in [6, 6.07) is 19.0. The van der Waals surface area contributed by atoms with Crippen molar-refractivity contribution in [2.45, 2.75) is 18.9 Å². The van der Waals surface area contributed by atoms with Crippen molar-refractivity contribution in [1.82, 2.24) is 4.72 Å². The van der Waals surface area contributed by atoms with E-state index >= 15 is 0 Å². The van der Waals surface area contributed by atoms with Gasteiger partial charge in [0.15, 0.2) is 0 Å². The monoisotopic (exact) mass is 345 g/mol. The highest BCUT2D eigenvalue weighted by Gasteiger charge is 2.31. The molecule has 0 aliphatic carbocycles. The lowest BCUT2D eigenvalue weighted by Crippen LogP contribution is -2.41. The Morgan fingerprint density at radius 2 is 1.62 bits per heavy atom. The number of hydrogen-bond donors (Lipinski definition) is 1. The van der Waals surface area contributed by atoms with Gasteiger partial charge in [-0.25, -0.2) is 13.1 Å². The van der Waals surface area contributed by atoms with Gasteiger partial charge in [-0.15, -0.1) is 0 Å². The highest BCUT2D eigenvalue weighted by molar-refractivity contribution is 7.92. The molecular formula is C19H23NO3S. The fourth-order valence-electron chi connectivity index (χ4n) is 2.51. The van der Waals surface area contributed by atoms with Crippen LogP contribution in [0.4, 0.5) is 0 Å². The molecule has 0 amide bonds. The van der Waals surface area contributed by atoms with Gasteiger partial charge in [0, 0.05) is 19.1 Å². The third-order valence-electron chi connectivity index (χ3n) is 4.06. The van der Waals surface area contributed by atoms with Crippen molar-refractivity contribution in [2.24, 2.45) is 0 Å². The Labute approximate surface area is 144 Å². The highest BCUT2D eigenvalue weighted by atomic mass is 32.2. The molecule has 0 aliphatic rings. The minimum Gasteiger partial charge on any atom is -0.372 e. The molecule has 24 heavy (non-hydrogen) atoms. The van der Waals surface area contributed by atoms with E-state index in [0.29, 0.717) is 6.42 Å². The molecule has 0 radical (unpaired) electrons. The average molecular weight is 345 g/mol. The summed E-state index contributed by atoms with van der Waals surface area (Å²) in [6.07, 6.45) is 2.23. The minimum absolute atomic E-state index is 0.172. The lowest BCUT2D eigenvalue weighted by molar-refractivity contribution is -0.0132. The number of nitrogens with one attached hydrogen (secondary N) is 1. The highest BCUT2D eigenvalue weighted by Crippen LogP contribution is 2.28. The van der Waals surface area contributed by atoms with Crippen LogP contribution in [-0.2, 0) is 20.4 Å². The summed E-state index contributed by atoms with van der Waals surface area (Å²) < 4.78 is 32.8. The summed E-state index contributed by atoms with van der Waals surface area (Å²) in [6.45, 7) is 2.15. The van der Waals surface area contributed by atoms with Crippen LogP contribution in [-0.4, -0.2) is 22.1 Å². The predicted molar refractivity (Wildman–Crippen MR) is 97.8 cm³/mol. The topological polar surface area (TPSA) is 55.4 Å². The molecule has 0 spiro atoms. The first-order chi connectivity index (χ1) is 11.5. The van der Waals surface area contributed by atoms with Crippen molar-refractivity contribution in [3.63, 3.8) is 0 Å². The van der Waals surface area contributed by atoms with Crippen LogP contribution < -0.4 is 4.72 Å². The van der Waals surface area contributed by atoms with Crippen LogP contribution in [0.1, 0.15) is 24.5 Å². The van der Waals surface area contributed by atoms with E-state index in [4.69, 9.17) is 4.74 Å². The third-order valence-corrected chi connectivity index (χ3v) is 5.10. The lowest BCUT2D eigenvalue weighted by atomic mass is 9.91. The SMILES string of the molecule is CCC(CNS(=O)(=O)/C=C/c1ccccc1)(OC)c1ccccc1. The summed E-state index contributed by atoms with van der Waals surface area (Å²) in [7, 11) is -1.95. The molecular weight excluding hydrogens is 322 g/mol. The second kappa shape index (κ2) is 8.24. The molecule has 128 valence electrons. The quantitative estimate of drug-likeness (QED) is 0.796. The van der Waals surface area contributed by atoms with Crippen LogP contribution >= 0.6 is 0 Å². The normalized spacial score (nSPS) is 14.6. The molecule has 0 aromatic heterocycles. The molecule has 1 unspecified atom stereocenters. The zero-order valence-corrected chi connectivity index (χ0v) is 14.8. The first kappa shape index (κ1) is 18.4. The average Bonchev–Trinajstić information content (AvgIpc) is 2.63. The summed E-state index contributed by atoms with van der Waals surface area (Å²) in [5.41, 5.74) is 1.10. The van der Waals surface area contributed by atoms with Crippen LogP contribution in [0.5, 0.6) is 0 Å². The number of rotatable bonds is 8. The molecule has 0 aliphatic heterocycles. The Morgan fingerprint density at radius 1 is 1.04 bits per heavy atom. The van der Waals surface area contributed by atoms with Gasteiger partial charge in [-0.05, 0) is 23.6 Å². The Balaban J connectivity index is 2.12. The molecule has 2 aromatic rings. The number of hydrogen-bond acceptors (Lipinski definition) is 3. The van der Waals surface area contributed by atoms with E-state index in [1.54, 1.807) is 13.2 Å². The van der Waals surface area contributed by atoms with Crippen molar-refractivity contribution >= 4 is 16.1 Å². The first-order valence-electron chi connectivity index (χ1n) is 7.85. The van der Waals surface area contributed by atoms with Crippen molar-refractivity contribution in [3.8, 4) is 0 Å². The molecule has 0 saturated carbocycles. The Bertz CT molecular complexity index is 752. The maximum Gasteiger partial charge on any atom is 0.233 e. The Morgan fingerprint density at radius 3 is 2.17 bits per heavy atom. The summed E-state index contributed by atoms with van der Waals surface area (Å²) in [5.74, 6) is 0. The van der Waals surface area contributed by atoms with Crippen molar-refractivity contribution < 1.29 is 13.2 Å². The van der Waals surface area contributed by atoms with Gasteiger partial charge in [0.25, 0.3) is 0 Å². The number of methoxy groups -OCH3 is 1. The standard InChI is InChI=1S/C19H23NO3S/c1-3-19(23-2,18-12-8-5-9-13-18)16-20-24(21,22)15-14-17-10-6-4-7-11-17/h4-15,20H,3,16H2,1-2H3/b15-14+. The van der Waals surface area contributed by atoms with Gasteiger partial charge in [0.05, 0.1) is 0 Å². The zero-order valence-electron chi connectivity index (χ0n) is 14.0. The van der Waals surface area contributed by atoms with Gasteiger partial charge in [-0.1, -0.05) is 67.6 Å². The summed E-state index contributed by atoms with van der Waals surface area (Å²) in [5, 5.41) is 1.18. The smallest absolute Gasteiger partial charge is 0.233 e. The second-order valence-electron chi connectivity index (χ2n) is 5.50. The maximum absolute atomic E-state index is 12.3.